The summed E-state index contributed by atoms with van der Waals surface area (Å²) in [6, 6.07) is 9.80. The van der Waals surface area contributed by atoms with Gasteiger partial charge in [0.15, 0.2) is 0 Å². The maximum Gasteiger partial charge on any atom is 0.225 e. The van der Waals surface area contributed by atoms with Crippen LogP contribution >= 0.6 is 0 Å². The second kappa shape index (κ2) is 7.22. The minimum absolute atomic E-state index is 0.0555. The third-order valence-electron chi connectivity index (χ3n) is 3.85. The smallest absolute Gasteiger partial charge is 0.225 e. The van der Waals surface area contributed by atoms with Gasteiger partial charge in [-0.2, -0.15) is 0 Å². The fourth-order valence-electron chi connectivity index (χ4n) is 2.66. The van der Waals surface area contributed by atoms with Crippen molar-refractivity contribution >= 4 is 11.8 Å². The molecule has 1 aromatic rings. The second-order valence-corrected chi connectivity index (χ2v) is 5.22. The van der Waals surface area contributed by atoms with Crippen LogP contribution in [0.25, 0.3) is 0 Å². The summed E-state index contributed by atoms with van der Waals surface area (Å²) in [7, 11) is 1.59. The number of hydrogen-bond acceptors (Lipinski definition) is 3. The molecule has 114 valence electrons. The predicted octanol–water partition coefficient (Wildman–Crippen LogP) is 1.45. The van der Waals surface area contributed by atoms with Gasteiger partial charge in [-0.3, -0.25) is 9.59 Å². The molecule has 5 heteroatoms. The van der Waals surface area contributed by atoms with Gasteiger partial charge >= 0.3 is 0 Å². The Kier molecular flexibility index (Phi) is 5.33. The van der Waals surface area contributed by atoms with Crippen molar-refractivity contribution in [2.45, 2.75) is 19.4 Å². The molecule has 1 saturated heterocycles. The van der Waals surface area contributed by atoms with Gasteiger partial charge in [-0.25, -0.2) is 0 Å². The molecule has 1 aliphatic rings. The number of carbonyl (C=O) groups is 2. The zero-order valence-electron chi connectivity index (χ0n) is 12.6. The molecule has 0 saturated carbocycles. The fourth-order valence-corrected chi connectivity index (χ4v) is 2.66. The summed E-state index contributed by atoms with van der Waals surface area (Å²) in [6.07, 6.45) is 0.375. The fraction of sp³-hybridized carbons (Fsp3) is 0.500. The van der Waals surface area contributed by atoms with Crippen LogP contribution in [0.5, 0.6) is 0 Å². The minimum Gasteiger partial charge on any atom is -0.384 e. The molecule has 0 spiro atoms. The number of hydrogen-bond donors (Lipinski definition) is 0. The first-order chi connectivity index (χ1) is 10.1. The van der Waals surface area contributed by atoms with E-state index in [1.54, 1.807) is 18.9 Å². The van der Waals surface area contributed by atoms with Crippen molar-refractivity contribution in [3.05, 3.63) is 35.9 Å². The van der Waals surface area contributed by atoms with E-state index in [-0.39, 0.29) is 17.9 Å². The molecule has 0 aliphatic carbocycles. The summed E-state index contributed by atoms with van der Waals surface area (Å²) in [4.78, 5) is 27.7. The monoisotopic (exact) mass is 290 g/mol. The van der Waals surface area contributed by atoms with Crippen molar-refractivity contribution in [3.63, 3.8) is 0 Å². The SMILES string of the molecule is COCCC(=O)N1CCN(C(C)=O)CC1c1ccccc1. The normalized spacial score (nSPS) is 18.7. The summed E-state index contributed by atoms with van der Waals surface area (Å²) >= 11 is 0. The number of methoxy groups -OCH3 is 1. The molecular formula is C16H22N2O3. The molecule has 5 nitrogen and oxygen atoms in total. The van der Waals surface area contributed by atoms with Gasteiger partial charge in [0, 0.05) is 33.7 Å². The van der Waals surface area contributed by atoms with Crippen LogP contribution in [0.2, 0.25) is 0 Å². The van der Waals surface area contributed by atoms with Gasteiger partial charge < -0.3 is 14.5 Å². The molecule has 1 aromatic carbocycles. The van der Waals surface area contributed by atoms with E-state index in [4.69, 9.17) is 4.74 Å². The van der Waals surface area contributed by atoms with Crippen LogP contribution in [0.3, 0.4) is 0 Å². The van der Waals surface area contributed by atoms with Gasteiger partial charge in [0.05, 0.1) is 19.1 Å². The van der Waals surface area contributed by atoms with Gasteiger partial charge in [-0.05, 0) is 5.56 Å². The second-order valence-electron chi connectivity index (χ2n) is 5.22. The first-order valence-corrected chi connectivity index (χ1v) is 7.22. The average molecular weight is 290 g/mol. The lowest BCUT2D eigenvalue weighted by Gasteiger charge is -2.41. The lowest BCUT2D eigenvalue weighted by atomic mass is 10.0. The van der Waals surface area contributed by atoms with Crippen molar-refractivity contribution in [2.24, 2.45) is 0 Å². The van der Waals surface area contributed by atoms with E-state index >= 15 is 0 Å². The zero-order valence-corrected chi connectivity index (χ0v) is 12.6. The Morgan fingerprint density at radius 1 is 1.24 bits per heavy atom. The van der Waals surface area contributed by atoms with Crippen molar-refractivity contribution in [1.29, 1.82) is 0 Å². The molecule has 21 heavy (non-hydrogen) atoms. The summed E-state index contributed by atoms with van der Waals surface area (Å²) in [5, 5.41) is 0. The number of rotatable bonds is 4. The third-order valence-corrected chi connectivity index (χ3v) is 3.85. The van der Waals surface area contributed by atoms with Gasteiger partial charge in [0.25, 0.3) is 0 Å². The van der Waals surface area contributed by atoms with Crippen LogP contribution in [0.15, 0.2) is 30.3 Å². The van der Waals surface area contributed by atoms with Gasteiger partial charge in [0.2, 0.25) is 11.8 Å². The number of amides is 2. The maximum absolute atomic E-state index is 12.4. The van der Waals surface area contributed by atoms with Gasteiger partial charge in [0.1, 0.15) is 0 Å². The van der Waals surface area contributed by atoms with E-state index in [2.05, 4.69) is 0 Å². The largest absolute Gasteiger partial charge is 0.384 e. The van der Waals surface area contributed by atoms with E-state index in [1.807, 2.05) is 35.2 Å². The van der Waals surface area contributed by atoms with E-state index in [0.29, 0.717) is 32.7 Å². The van der Waals surface area contributed by atoms with Crippen molar-refractivity contribution in [1.82, 2.24) is 9.80 Å². The van der Waals surface area contributed by atoms with Crippen LogP contribution in [0, 0.1) is 0 Å². The molecule has 1 atom stereocenters. The van der Waals surface area contributed by atoms with Crippen LogP contribution in [0.4, 0.5) is 0 Å². The number of piperazine rings is 1. The number of ether oxygens (including phenoxy) is 1. The lowest BCUT2D eigenvalue weighted by Crippen LogP contribution is -2.52. The number of carbonyl (C=O) groups excluding carboxylic acids is 2. The predicted molar refractivity (Wildman–Crippen MR) is 79.6 cm³/mol. The molecule has 1 aliphatic heterocycles. The molecule has 0 bridgehead atoms. The Labute approximate surface area is 125 Å². The van der Waals surface area contributed by atoms with Crippen LogP contribution in [-0.2, 0) is 14.3 Å². The Hall–Kier alpha value is -1.88. The lowest BCUT2D eigenvalue weighted by molar-refractivity contribution is -0.142. The molecule has 0 radical (unpaired) electrons. The van der Waals surface area contributed by atoms with E-state index < -0.39 is 0 Å². The summed E-state index contributed by atoms with van der Waals surface area (Å²) in [5.74, 6) is 0.133. The third kappa shape index (κ3) is 3.82. The molecule has 1 unspecified atom stereocenters. The Bertz CT molecular complexity index is 490. The van der Waals surface area contributed by atoms with Crippen LogP contribution < -0.4 is 0 Å². The highest BCUT2D eigenvalue weighted by atomic mass is 16.5. The first-order valence-electron chi connectivity index (χ1n) is 7.22. The van der Waals surface area contributed by atoms with Crippen LogP contribution in [-0.4, -0.2) is 55.0 Å². The van der Waals surface area contributed by atoms with E-state index in [9.17, 15) is 9.59 Å². The average Bonchev–Trinajstić information content (AvgIpc) is 2.52. The standard InChI is InChI=1S/C16H22N2O3/c1-13(19)17-9-10-18(16(20)8-11-21-2)15(12-17)14-6-4-3-5-7-14/h3-7,15H,8-12H2,1-2H3. The number of benzene rings is 1. The summed E-state index contributed by atoms with van der Waals surface area (Å²) in [5.41, 5.74) is 1.06. The van der Waals surface area contributed by atoms with Crippen molar-refractivity contribution < 1.29 is 14.3 Å². The molecular weight excluding hydrogens is 268 g/mol. The van der Waals surface area contributed by atoms with E-state index in [0.717, 1.165) is 5.56 Å². The molecule has 2 amide bonds. The highest BCUT2D eigenvalue weighted by molar-refractivity contribution is 5.78. The highest BCUT2D eigenvalue weighted by Gasteiger charge is 2.32. The zero-order chi connectivity index (χ0) is 15.2. The molecule has 0 N–H and O–H groups in total. The first kappa shape index (κ1) is 15.5. The Morgan fingerprint density at radius 2 is 1.95 bits per heavy atom. The van der Waals surface area contributed by atoms with E-state index in [1.165, 1.54) is 0 Å². The maximum atomic E-state index is 12.4. The topological polar surface area (TPSA) is 49.9 Å². The molecule has 1 heterocycles. The van der Waals surface area contributed by atoms with Crippen molar-refractivity contribution in [2.75, 3.05) is 33.4 Å². The molecule has 1 fully saturated rings. The highest BCUT2D eigenvalue weighted by Crippen LogP contribution is 2.26. The van der Waals surface area contributed by atoms with Crippen LogP contribution in [0.1, 0.15) is 24.9 Å². The molecule has 2 rings (SSSR count). The van der Waals surface area contributed by atoms with Crippen molar-refractivity contribution in [3.8, 4) is 0 Å². The summed E-state index contributed by atoms with van der Waals surface area (Å²) in [6.45, 7) is 3.72. The summed E-state index contributed by atoms with van der Waals surface area (Å²) < 4.78 is 4.99. The van der Waals surface area contributed by atoms with Gasteiger partial charge in [-0.15, -0.1) is 0 Å². The Balaban J connectivity index is 2.18. The Morgan fingerprint density at radius 3 is 2.57 bits per heavy atom. The van der Waals surface area contributed by atoms with Gasteiger partial charge in [-0.1, -0.05) is 30.3 Å². The molecule has 0 aromatic heterocycles. The quantitative estimate of drug-likeness (QED) is 0.843. The number of nitrogens with zero attached hydrogens (tertiary/aromatic N) is 2. The minimum atomic E-state index is -0.0757.